The van der Waals surface area contributed by atoms with E-state index in [1.165, 1.54) is 23.0 Å². The van der Waals surface area contributed by atoms with Gasteiger partial charge in [-0.1, -0.05) is 12.0 Å². The van der Waals surface area contributed by atoms with Crippen LogP contribution in [0.15, 0.2) is 73.4 Å². The van der Waals surface area contributed by atoms with Gasteiger partial charge < -0.3 is 15.0 Å². The van der Waals surface area contributed by atoms with Crippen LogP contribution in [0.5, 0.6) is 0 Å². The van der Waals surface area contributed by atoms with Crippen LogP contribution in [0.4, 0.5) is 17.2 Å². The number of fused-ring (bicyclic) bond motifs is 2. The van der Waals surface area contributed by atoms with Gasteiger partial charge in [0.25, 0.3) is 5.91 Å². The highest BCUT2D eigenvalue weighted by atomic mass is 16.1. The lowest BCUT2D eigenvalue weighted by molar-refractivity contribution is -0.111. The molecule has 0 fully saturated rings. The molecule has 5 aromatic rings. The molecule has 2 aromatic carbocycles. The van der Waals surface area contributed by atoms with E-state index in [0.717, 1.165) is 28.7 Å². The SMILES string of the molecule is CC#CC(=O)Nc1ccc2ncnc(Nc3ccc(Cc4ccn5ccnc5c4)c(C)c3)c2c1. The minimum atomic E-state index is -0.355. The van der Waals surface area contributed by atoms with Crippen molar-refractivity contribution in [1.82, 2.24) is 19.4 Å². The van der Waals surface area contributed by atoms with E-state index in [1.54, 1.807) is 19.2 Å². The zero-order chi connectivity index (χ0) is 23.5. The summed E-state index contributed by atoms with van der Waals surface area (Å²) in [6.07, 6.45) is 8.14. The van der Waals surface area contributed by atoms with Crippen molar-refractivity contribution in [3.8, 4) is 11.8 Å². The molecule has 5 rings (SSSR count). The summed E-state index contributed by atoms with van der Waals surface area (Å²) in [5.74, 6) is 5.39. The van der Waals surface area contributed by atoms with Crippen LogP contribution in [0.1, 0.15) is 23.6 Å². The number of aryl methyl sites for hydroxylation is 1. The van der Waals surface area contributed by atoms with Gasteiger partial charge in [0.15, 0.2) is 0 Å². The summed E-state index contributed by atoms with van der Waals surface area (Å²) in [4.78, 5) is 25.0. The third-order valence-electron chi connectivity index (χ3n) is 5.59. The third-order valence-corrected chi connectivity index (χ3v) is 5.59. The van der Waals surface area contributed by atoms with Gasteiger partial charge in [0.05, 0.1) is 5.52 Å². The third kappa shape index (κ3) is 4.43. The number of pyridine rings is 1. The van der Waals surface area contributed by atoms with E-state index >= 15 is 0 Å². The van der Waals surface area contributed by atoms with Gasteiger partial charge in [-0.25, -0.2) is 15.0 Å². The molecule has 0 aliphatic heterocycles. The molecule has 0 saturated heterocycles. The summed E-state index contributed by atoms with van der Waals surface area (Å²) in [6, 6.07) is 16.0. The quantitative estimate of drug-likeness (QED) is 0.376. The highest BCUT2D eigenvalue weighted by molar-refractivity contribution is 6.05. The molecular weight excluding hydrogens is 424 g/mol. The Morgan fingerprint density at radius 2 is 1.88 bits per heavy atom. The second-order valence-electron chi connectivity index (χ2n) is 7.95. The molecule has 0 radical (unpaired) electrons. The Morgan fingerprint density at radius 3 is 2.74 bits per heavy atom. The van der Waals surface area contributed by atoms with E-state index in [2.05, 4.69) is 68.6 Å². The summed E-state index contributed by atoms with van der Waals surface area (Å²) in [5.41, 5.74) is 6.93. The normalized spacial score (nSPS) is 10.6. The zero-order valence-corrected chi connectivity index (χ0v) is 18.8. The highest BCUT2D eigenvalue weighted by Gasteiger charge is 2.09. The first-order valence-electron chi connectivity index (χ1n) is 10.9. The number of benzene rings is 2. The lowest BCUT2D eigenvalue weighted by Crippen LogP contribution is -2.08. The fourth-order valence-corrected chi connectivity index (χ4v) is 3.90. The monoisotopic (exact) mass is 446 g/mol. The van der Waals surface area contributed by atoms with Gasteiger partial charge in [0.1, 0.15) is 17.8 Å². The molecule has 0 aliphatic rings. The molecule has 0 spiro atoms. The van der Waals surface area contributed by atoms with Crippen molar-refractivity contribution in [2.45, 2.75) is 20.3 Å². The van der Waals surface area contributed by atoms with Crippen molar-refractivity contribution in [2.75, 3.05) is 10.6 Å². The number of aromatic nitrogens is 4. The van der Waals surface area contributed by atoms with E-state index < -0.39 is 0 Å². The first kappa shape index (κ1) is 21.2. The van der Waals surface area contributed by atoms with Gasteiger partial charge >= 0.3 is 0 Å². The second kappa shape index (κ2) is 9.04. The van der Waals surface area contributed by atoms with Gasteiger partial charge in [-0.05, 0) is 85.3 Å². The number of carbonyl (C=O) groups excluding carboxylic acids is 1. The fourth-order valence-electron chi connectivity index (χ4n) is 3.90. The van der Waals surface area contributed by atoms with Crippen LogP contribution < -0.4 is 10.6 Å². The lowest BCUT2D eigenvalue weighted by atomic mass is 10.0. The molecule has 2 N–H and O–H groups in total. The Bertz CT molecular complexity index is 1590. The predicted octanol–water partition coefficient (Wildman–Crippen LogP) is 4.88. The number of amides is 1. The summed E-state index contributed by atoms with van der Waals surface area (Å²) < 4.78 is 2.00. The van der Waals surface area contributed by atoms with Crippen molar-refractivity contribution < 1.29 is 4.79 Å². The number of imidazole rings is 1. The van der Waals surface area contributed by atoms with Crippen molar-refractivity contribution in [2.24, 2.45) is 0 Å². The Kier molecular flexibility index (Phi) is 5.63. The Labute approximate surface area is 196 Å². The van der Waals surface area contributed by atoms with Crippen molar-refractivity contribution >= 4 is 39.6 Å². The number of rotatable bonds is 5. The maximum Gasteiger partial charge on any atom is 0.300 e. The summed E-state index contributed by atoms with van der Waals surface area (Å²) in [7, 11) is 0. The standard InChI is InChI=1S/C27H22N6O/c1-3-4-26(34)31-22-7-8-24-23(16-22)27(30-17-29-24)32-21-6-5-20(18(2)13-21)14-19-9-11-33-12-10-28-25(33)15-19/h5-13,15-17H,14H2,1-2H3,(H,31,34)(H,29,30,32). The fraction of sp³-hybridized carbons (Fsp3) is 0.111. The molecule has 34 heavy (non-hydrogen) atoms. The molecule has 1 amide bonds. The highest BCUT2D eigenvalue weighted by Crippen LogP contribution is 2.27. The van der Waals surface area contributed by atoms with Gasteiger partial charge in [-0.2, -0.15) is 0 Å². The van der Waals surface area contributed by atoms with E-state index in [0.29, 0.717) is 11.5 Å². The average Bonchev–Trinajstić information content (AvgIpc) is 3.29. The Hall–Kier alpha value is -4.70. The van der Waals surface area contributed by atoms with Crippen LogP contribution >= 0.6 is 0 Å². The van der Waals surface area contributed by atoms with Crippen molar-refractivity contribution in [1.29, 1.82) is 0 Å². The average molecular weight is 447 g/mol. The number of carbonyl (C=O) groups is 1. The largest absolute Gasteiger partial charge is 0.340 e. The molecule has 0 bridgehead atoms. The Morgan fingerprint density at radius 1 is 1.00 bits per heavy atom. The van der Waals surface area contributed by atoms with Crippen LogP contribution in [-0.2, 0) is 11.2 Å². The maximum absolute atomic E-state index is 11.8. The van der Waals surface area contributed by atoms with Gasteiger partial charge in [0.2, 0.25) is 0 Å². The topological polar surface area (TPSA) is 84.2 Å². The van der Waals surface area contributed by atoms with E-state index in [-0.39, 0.29) is 5.91 Å². The predicted molar refractivity (Wildman–Crippen MR) is 134 cm³/mol. The maximum atomic E-state index is 11.8. The summed E-state index contributed by atoms with van der Waals surface area (Å²) in [5, 5.41) is 6.98. The number of nitrogens with one attached hydrogen (secondary N) is 2. The number of nitrogens with zero attached hydrogens (tertiary/aromatic N) is 4. The van der Waals surface area contributed by atoms with Crippen LogP contribution in [0.2, 0.25) is 0 Å². The Balaban J connectivity index is 1.39. The molecule has 0 atom stereocenters. The van der Waals surface area contributed by atoms with Crippen LogP contribution in [0, 0.1) is 18.8 Å². The summed E-state index contributed by atoms with van der Waals surface area (Å²) in [6.45, 7) is 3.73. The summed E-state index contributed by atoms with van der Waals surface area (Å²) >= 11 is 0. The van der Waals surface area contributed by atoms with E-state index in [4.69, 9.17) is 0 Å². The molecule has 166 valence electrons. The molecule has 3 heterocycles. The van der Waals surface area contributed by atoms with E-state index in [9.17, 15) is 4.79 Å². The molecule has 7 nitrogen and oxygen atoms in total. The van der Waals surface area contributed by atoms with Gasteiger partial charge in [-0.3, -0.25) is 4.79 Å². The van der Waals surface area contributed by atoms with Crippen LogP contribution in [0.25, 0.3) is 16.6 Å². The zero-order valence-electron chi connectivity index (χ0n) is 18.8. The lowest BCUT2D eigenvalue weighted by Gasteiger charge is -2.12. The van der Waals surface area contributed by atoms with Crippen LogP contribution in [-0.4, -0.2) is 25.3 Å². The molecule has 3 aromatic heterocycles. The second-order valence-corrected chi connectivity index (χ2v) is 7.95. The number of hydrogen-bond donors (Lipinski definition) is 2. The first-order chi connectivity index (χ1) is 16.6. The molecule has 0 unspecified atom stereocenters. The van der Waals surface area contributed by atoms with E-state index in [1.807, 2.05) is 35.0 Å². The molecule has 7 heteroatoms. The van der Waals surface area contributed by atoms with Crippen molar-refractivity contribution in [3.05, 3.63) is 90.1 Å². The molecule has 0 saturated carbocycles. The van der Waals surface area contributed by atoms with Gasteiger partial charge in [-0.15, -0.1) is 0 Å². The molecular formula is C27H22N6O. The van der Waals surface area contributed by atoms with Crippen molar-refractivity contribution in [3.63, 3.8) is 0 Å². The first-order valence-corrected chi connectivity index (χ1v) is 10.9. The minimum absolute atomic E-state index is 0.355. The number of hydrogen-bond acceptors (Lipinski definition) is 5. The smallest absolute Gasteiger partial charge is 0.300 e. The van der Waals surface area contributed by atoms with Crippen LogP contribution in [0.3, 0.4) is 0 Å². The molecule has 0 aliphatic carbocycles. The van der Waals surface area contributed by atoms with Gasteiger partial charge in [0, 0.05) is 35.4 Å². The number of anilines is 3. The minimum Gasteiger partial charge on any atom is -0.340 e.